The number of nitrogens with zero attached hydrogens (tertiary/aromatic N) is 1. The predicted octanol–water partition coefficient (Wildman–Crippen LogP) is 4.19. The summed E-state index contributed by atoms with van der Waals surface area (Å²) in [5.41, 5.74) is 6.82. The van der Waals surface area contributed by atoms with E-state index < -0.39 is 0 Å². The van der Waals surface area contributed by atoms with Gasteiger partial charge in [0.2, 0.25) is 0 Å². The SMILES string of the molecule is CCCCCCCC(C)(CN)N1CCCC(C)(C)C1. The maximum absolute atomic E-state index is 6.13. The molecule has 0 aromatic heterocycles. The van der Waals surface area contributed by atoms with Crippen LogP contribution < -0.4 is 5.73 Å². The molecule has 1 aliphatic heterocycles. The molecule has 1 aliphatic rings. The minimum absolute atomic E-state index is 0.226. The van der Waals surface area contributed by atoms with E-state index in [0.29, 0.717) is 5.41 Å². The number of piperidine rings is 1. The van der Waals surface area contributed by atoms with Gasteiger partial charge in [0, 0.05) is 18.6 Å². The fourth-order valence-electron chi connectivity index (χ4n) is 3.38. The summed E-state index contributed by atoms with van der Waals surface area (Å²) in [5.74, 6) is 0. The first-order valence-corrected chi connectivity index (χ1v) is 8.39. The second-order valence-corrected chi connectivity index (χ2v) is 7.55. The second kappa shape index (κ2) is 7.64. The van der Waals surface area contributed by atoms with Crippen molar-refractivity contribution < 1.29 is 0 Å². The van der Waals surface area contributed by atoms with Gasteiger partial charge in [-0.05, 0) is 38.1 Å². The topological polar surface area (TPSA) is 29.3 Å². The summed E-state index contributed by atoms with van der Waals surface area (Å²) in [6, 6.07) is 0. The molecule has 0 radical (unpaired) electrons. The van der Waals surface area contributed by atoms with E-state index in [9.17, 15) is 0 Å². The maximum atomic E-state index is 6.13. The minimum atomic E-state index is 0.226. The first kappa shape index (κ1) is 17.0. The molecule has 0 saturated carbocycles. The third kappa shape index (κ3) is 5.43. The molecule has 1 fully saturated rings. The molecule has 0 spiro atoms. The van der Waals surface area contributed by atoms with E-state index in [-0.39, 0.29) is 5.54 Å². The highest BCUT2D eigenvalue weighted by Gasteiger charge is 2.36. The van der Waals surface area contributed by atoms with Crippen molar-refractivity contribution in [3.63, 3.8) is 0 Å². The van der Waals surface area contributed by atoms with Crippen molar-refractivity contribution in [2.75, 3.05) is 19.6 Å². The van der Waals surface area contributed by atoms with Gasteiger partial charge in [0.1, 0.15) is 0 Å². The van der Waals surface area contributed by atoms with Crippen molar-refractivity contribution in [1.82, 2.24) is 4.90 Å². The van der Waals surface area contributed by atoms with Crippen LogP contribution in [0.2, 0.25) is 0 Å². The van der Waals surface area contributed by atoms with Gasteiger partial charge in [-0.25, -0.2) is 0 Å². The van der Waals surface area contributed by atoms with Crippen LogP contribution >= 0.6 is 0 Å². The van der Waals surface area contributed by atoms with Gasteiger partial charge in [0.25, 0.3) is 0 Å². The van der Waals surface area contributed by atoms with E-state index in [2.05, 4.69) is 32.6 Å². The number of hydrogen-bond acceptors (Lipinski definition) is 2. The van der Waals surface area contributed by atoms with Crippen molar-refractivity contribution in [3.05, 3.63) is 0 Å². The minimum Gasteiger partial charge on any atom is -0.329 e. The number of likely N-dealkylation sites (tertiary alicyclic amines) is 1. The van der Waals surface area contributed by atoms with E-state index in [0.717, 1.165) is 6.54 Å². The molecule has 2 heteroatoms. The molecule has 1 saturated heterocycles. The van der Waals surface area contributed by atoms with E-state index in [1.54, 1.807) is 0 Å². The standard InChI is InChI=1S/C17H36N2/c1-5-6-7-8-9-12-17(4,14-18)19-13-10-11-16(2,3)15-19/h5-15,18H2,1-4H3. The summed E-state index contributed by atoms with van der Waals surface area (Å²) in [5, 5.41) is 0. The first-order valence-electron chi connectivity index (χ1n) is 8.39. The van der Waals surface area contributed by atoms with Gasteiger partial charge in [-0.2, -0.15) is 0 Å². The van der Waals surface area contributed by atoms with Gasteiger partial charge in [0.05, 0.1) is 0 Å². The quantitative estimate of drug-likeness (QED) is 0.669. The molecule has 19 heavy (non-hydrogen) atoms. The number of unbranched alkanes of at least 4 members (excludes halogenated alkanes) is 4. The zero-order valence-electron chi connectivity index (χ0n) is 13.8. The Hall–Kier alpha value is -0.0800. The molecule has 114 valence electrons. The summed E-state index contributed by atoms with van der Waals surface area (Å²) >= 11 is 0. The lowest BCUT2D eigenvalue weighted by molar-refractivity contribution is 0.0221. The number of rotatable bonds is 8. The molecular formula is C17H36N2. The Morgan fingerprint density at radius 3 is 2.42 bits per heavy atom. The Bertz CT molecular complexity index is 250. The molecule has 0 aromatic rings. The normalized spacial score (nSPS) is 23.2. The predicted molar refractivity (Wildman–Crippen MR) is 85.4 cm³/mol. The van der Waals surface area contributed by atoms with Crippen molar-refractivity contribution in [2.24, 2.45) is 11.1 Å². The Morgan fingerprint density at radius 2 is 1.84 bits per heavy atom. The van der Waals surface area contributed by atoms with E-state index in [4.69, 9.17) is 5.73 Å². The Morgan fingerprint density at radius 1 is 1.16 bits per heavy atom. The lowest BCUT2D eigenvalue weighted by Gasteiger charge is -2.48. The highest BCUT2D eigenvalue weighted by Crippen LogP contribution is 2.34. The van der Waals surface area contributed by atoms with Crippen LogP contribution in [0.25, 0.3) is 0 Å². The zero-order chi connectivity index (χ0) is 14.4. The smallest absolute Gasteiger partial charge is 0.0303 e. The highest BCUT2D eigenvalue weighted by molar-refractivity contribution is 4.92. The van der Waals surface area contributed by atoms with Crippen LogP contribution in [0.5, 0.6) is 0 Å². The molecule has 1 unspecified atom stereocenters. The third-order valence-corrected chi connectivity index (χ3v) is 4.92. The molecule has 1 heterocycles. The van der Waals surface area contributed by atoms with Crippen LogP contribution in [0.15, 0.2) is 0 Å². The fourth-order valence-corrected chi connectivity index (χ4v) is 3.38. The summed E-state index contributed by atoms with van der Waals surface area (Å²) in [7, 11) is 0. The molecular weight excluding hydrogens is 232 g/mol. The van der Waals surface area contributed by atoms with Crippen molar-refractivity contribution in [1.29, 1.82) is 0 Å². The molecule has 2 N–H and O–H groups in total. The lowest BCUT2D eigenvalue weighted by Crippen LogP contribution is -2.56. The van der Waals surface area contributed by atoms with E-state index >= 15 is 0 Å². The lowest BCUT2D eigenvalue weighted by atomic mass is 9.80. The number of nitrogens with two attached hydrogens (primary N) is 1. The third-order valence-electron chi connectivity index (χ3n) is 4.92. The van der Waals surface area contributed by atoms with Gasteiger partial charge >= 0.3 is 0 Å². The Labute approximate surface area is 121 Å². The average Bonchev–Trinajstić information content (AvgIpc) is 2.37. The van der Waals surface area contributed by atoms with Gasteiger partial charge in [-0.15, -0.1) is 0 Å². The molecule has 0 aromatic carbocycles. The highest BCUT2D eigenvalue weighted by atomic mass is 15.2. The van der Waals surface area contributed by atoms with Gasteiger partial charge in [-0.1, -0.05) is 52.9 Å². The van der Waals surface area contributed by atoms with Gasteiger partial charge < -0.3 is 5.73 Å². The Kier molecular flexibility index (Phi) is 6.82. The summed E-state index contributed by atoms with van der Waals surface area (Å²) in [6.45, 7) is 12.7. The number of hydrogen-bond donors (Lipinski definition) is 1. The van der Waals surface area contributed by atoms with Gasteiger partial charge in [0.15, 0.2) is 0 Å². The monoisotopic (exact) mass is 268 g/mol. The summed E-state index contributed by atoms with van der Waals surface area (Å²) in [4.78, 5) is 2.68. The molecule has 1 atom stereocenters. The van der Waals surface area contributed by atoms with E-state index in [1.807, 2.05) is 0 Å². The fraction of sp³-hybridized carbons (Fsp3) is 1.00. The van der Waals surface area contributed by atoms with Crippen molar-refractivity contribution in [3.8, 4) is 0 Å². The van der Waals surface area contributed by atoms with E-state index in [1.165, 1.54) is 64.5 Å². The molecule has 0 aliphatic carbocycles. The van der Waals surface area contributed by atoms with Crippen molar-refractivity contribution >= 4 is 0 Å². The molecule has 1 rings (SSSR count). The van der Waals surface area contributed by atoms with Crippen LogP contribution in [0.1, 0.15) is 79.1 Å². The largest absolute Gasteiger partial charge is 0.329 e. The maximum Gasteiger partial charge on any atom is 0.0303 e. The summed E-state index contributed by atoms with van der Waals surface area (Å²) < 4.78 is 0. The van der Waals surface area contributed by atoms with Crippen molar-refractivity contribution in [2.45, 2.75) is 84.6 Å². The second-order valence-electron chi connectivity index (χ2n) is 7.55. The van der Waals surface area contributed by atoms with Crippen LogP contribution in [0.3, 0.4) is 0 Å². The zero-order valence-corrected chi connectivity index (χ0v) is 13.8. The molecule has 2 nitrogen and oxygen atoms in total. The van der Waals surface area contributed by atoms with Crippen LogP contribution in [-0.4, -0.2) is 30.1 Å². The van der Waals surface area contributed by atoms with Crippen LogP contribution in [0.4, 0.5) is 0 Å². The first-order chi connectivity index (χ1) is 8.93. The Balaban J connectivity index is 2.44. The van der Waals surface area contributed by atoms with Crippen LogP contribution in [0, 0.1) is 5.41 Å². The molecule has 0 amide bonds. The van der Waals surface area contributed by atoms with Crippen LogP contribution in [-0.2, 0) is 0 Å². The average molecular weight is 268 g/mol. The summed E-state index contributed by atoms with van der Waals surface area (Å²) in [6.07, 6.45) is 10.8. The van der Waals surface area contributed by atoms with Gasteiger partial charge in [-0.3, -0.25) is 4.90 Å². The molecule has 0 bridgehead atoms.